The van der Waals surface area contributed by atoms with Gasteiger partial charge in [0.05, 0.1) is 6.20 Å². The minimum absolute atomic E-state index is 0.140. The maximum atomic E-state index is 12.2. The summed E-state index contributed by atoms with van der Waals surface area (Å²) in [6.07, 6.45) is 1.50. The van der Waals surface area contributed by atoms with E-state index in [0.29, 0.717) is 28.0 Å². The minimum atomic E-state index is -1.43. The van der Waals surface area contributed by atoms with Crippen molar-refractivity contribution in [2.75, 3.05) is 0 Å². The van der Waals surface area contributed by atoms with Crippen LogP contribution < -0.4 is 5.63 Å². The molecular formula is C20H22N2O5. The Morgan fingerprint density at radius 2 is 2.07 bits per heavy atom. The van der Waals surface area contributed by atoms with Crippen molar-refractivity contribution in [2.45, 2.75) is 39.4 Å². The van der Waals surface area contributed by atoms with E-state index in [1.807, 2.05) is 19.1 Å². The van der Waals surface area contributed by atoms with Gasteiger partial charge in [-0.25, -0.2) is 9.59 Å². The van der Waals surface area contributed by atoms with E-state index in [1.165, 1.54) is 23.1 Å². The summed E-state index contributed by atoms with van der Waals surface area (Å²) < 4.78 is 12.0. The van der Waals surface area contributed by atoms with Gasteiger partial charge in [-0.15, -0.1) is 0 Å². The second kappa shape index (κ2) is 7.36. The number of aliphatic hydroxyl groups excluding tert-OH is 1. The fourth-order valence-electron chi connectivity index (χ4n) is 3.08. The number of hydrogen-bond donors (Lipinski definition) is 1. The molecule has 1 N–H and O–H groups in total. The minimum Gasteiger partial charge on any atom is -0.459 e. The Balaban J connectivity index is 1.88. The average Bonchev–Trinajstić information content (AvgIpc) is 3.04. The number of esters is 1. The van der Waals surface area contributed by atoms with Gasteiger partial charge < -0.3 is 14.3 Å². The third kappa shape index (κ3) is 3.93. The van der Waals surface area contributed by atoms with Gasteiger partial charge in [0.15, 0.2) is 6.10 Å². The predicted octanol–water partition coefficient (Wildman–Crippen LogP) is 2.74. The van der Waals surface area contributed by atoms with Gasteiger partial charge in [0, 0.05) is 35.8 Å². The summed E-state index contributed by atoms with van der Waals surface area (Å²) in [6, 6.07) is 5.09. The predicted molar refractivity (Wildman–Crippen MR) is 99.3 cm³/mol. The van der Waals surface area contributed by atoms with Crippen LogP contribution in [0.4, 0.5) is 0 Å². The summed E-state index contributed by atoms with van der Waals surface area (Å²) in [6.45, 7) is 5.99. The standard InChI is InChI=1S/C20H22N2O5/c1-11(2)15-7-16-13(6-18(23)27-17(16)5-12(15)3)10-26-20(25)19(24)14-8-21-22(4)9-14/h5-9,11,19,24H,10H2,1-4H3/t19-/m1/s1. The molecule has 0 aliphatic heterocycles. The summed E-state index contributed by atoms with van der Waals surface area (Å²) in [7, 11) is 1.69. The van der Waals surface area contributed by atoms with Crippen LogP contribution in [0.25, 0.3) is 11.0 Å². The van der Waals surface area contributed by atoms with Crippen molar-refractivity contribution < 1.29 is 19.1 Å². The van der Waals surface area contributed by atoms with E-state index >= 15 is 0 Å². The number of rotatable bonds is 5. The largest absolute Gasteiger partial charge is 0.459 e. The molecule has 0 bridgehead atoms. The van der Waals surface area contributed by atoms with E-state index in [2.05, 4.69) is 18.9 Å². The van der Waals surface area contributed by atoms with Crippen LogP contribution in [0.3, 0.4) is 0 Å². The summed E-state index contributed by atoms with van der Waals surface area (Å²) in [5.74, 6) is -0.510. The highest BCUT2D eigenvalue weighted by Gasteiger charge is 2.21. The number of aromatic nitrogens is 2. The Morgan fingerprint density at radius 1 is 1.33 bits per heavy atom. The lowest BCUT2D eigenvalue weighted by atomic mass is 9.95. The van der Waals surface area contributed by atoms with Gasteiger partial charge in [-0.2, -0.15) is 5.10 Å². The topological polar surface area (TPSA) is 94.6 Å². The fraction of sp³-hybridized carbons (Fsp3) is 0.350. The zero-order valence-corrected chi connectivity index (χ0v) is 15.7. The highest BCUT2D eigenvalue weighted by Crippen LogP contribution is 2.27. The van der Waals surface area contributed by atoms with E-state index in [4.69, 9.17) is 9.15 Å². The van der Waals surface area contributed by atoms with E-state index in [-0.39, 0.29) is 6.61 Å². The molecule has 0 fully saturated rings. The van der Waals surface area contributed by atoms with Gasteiger partial charge in [0.2, 0.25) is 0 Å². The number of hydrogen-bond acceptors (Lipinski definition) is 6. The van der Waals surface area contributed by atoms with Gasteiger partial charge in [0.1, 0.15) is 12.2 Å². The molecule has 1 atom stereocenters. The number of nitrogens with zero attached hydrogens (tertiary/aromatic N) is 2. The Hall–Kier alpha value is -2.93. The third-order valence-electron chi connectivity index (χ3n) is 4.47. The molecule has 1 aromatic carbocycles. The van der Waals surface area contributed by atoms with Crippen molar-refractivity contribution in [1.29, 1.82) is 0 Å². The van der Waals surface area contributed by atoms with Crippen LogP contribution in [0, 0.1) is 6.92 Å². The number of carbonyl (C=O) groups excluding carboxylic acids is 1. The first-order chi connectivity index (χ1) is 12.8. The lowest BCUT2D eigenvalue weighted by Crippen LogP contribution is -2.15. The normalized spacial score (nSPS) is 12.5. The summed E-state index contributed by atoms with van der Waals surface area (Å²) in [4.78, 5) is 24.0. The van der Waals surface area contributed by atoms with Crippen molar-refractivity contribution in [1.82, 2.24) is 9.78 Å². The molecule has 0 aliphatic rings. The molecule has 7 heteroatoms. The molecule has 0 amide bonds. The lowest BCUT2D eigenvalue weighted by Gasteiger charge is -2.14. The van der Waals surface area contributed by atoms with E-state index in [9.17, 15) is 14.7 Å². The number of benzene rings is 1. The number of ether oxygens (including phenoxy) is 1. The molecule has 3 rings (SSSR count). The maximum absolute atomic E-state index is 12.2. The quantitative estimate of drug-likeness (QED) is 0.548. The van der Waals surface area contributed by atoms with Gasteiger partial charge in [0.25, 0.3) is 0 Å². The highest BCUT2D eigenvalue weighted by molar-refractivity contribution is 5.82. The van der Waals surface area contributed by atoms with Crippen LogP contribution in [0.1, 0.15) is 48.1 Å². The van der Waals surface area contributed by atoms with Crippen LogP contribution in [0.15, 0.2) is 39.8 Å². The number of aliphatic hydroxyl groups is 1. The van der Waals surface area contributed by atoms with Crippen LogP contribution in [-0.4, -0.2) is 20.9 Å². The first-order valence-electron chi connectivity index (χ1n) is 8.66. The molecular weight excluding hydrogens is 348 g/mol. The molecule has 7 nitrogen and oxygen atoms in total. The Morgan fingerprint density at radius 3 is 2.70 bits per heavy atom. The molecule has 0 saturated carbocycles. The fourth-order valence-corrected chi connectivity index (χ4v) is 3.08. The van der Waals surface area contributed by atoms with Gasteiger partial charge in [-0.1, -0.05) is 13.8 Å². The molecule has 2 aromatic heterocycles. The highest BCUT2D eigenvalue weighted by atomic mass is 16.5. The number of aryl methyl sites for hydroxylation is 2. The maximum Gasteiger partial charge on any atom is 0.340 e. The molecule has 0 unspecified atom stereocenters. The average molecular weight is 370 g/mol. The zero-order valence-electron chi connectivity index (χ0n) is 15.7. The SMILES string of the molecule is Cc1cc2oc(=O)cc(COC(=O)[C@H](O)c3cnn(C)c3)c2cc1C(C)C. The third-order valence-corrected chi connectivity index (χ3v) is 4.47. The van der Waals surface area contributed by atoms with Crippen LogP contribution >= 0.6 is 0 Å². The van der Waals surface area contributed by atoms with Gasteiger partial charge in [-0.3, -0.25) is 4.68 Å². The van der Waals surface area contributed by atoms with Gasteiger partial charge >= 0.3 is 11.6 Å². The summed E-state index contributed by atoms with van der Waals surface area (Å²) in [5, 5.41) is 14.7. The molecule has 0 spiro atoms. The van der Waals surface area contributed by atoms with E-state index in [0.717, 1.165) is 11.1 Å². The van der Waals surface area contributed by atoms with Crippen molar-refractivity contribution in [3.8, 4) is 0 Å². The van der Waals surface area contributed by atoms with Crippen molar-refractivity contribution in [3.05, 3.63) is 63.3 Å². The van der Waals surface area contributed by atoms with Crippen molar-refractivity contribution in [3.63, 3.8) is 0 Å². The summed E-state index contributed by atoms with van der Waals surface area (Å²) >= 11 is 0. The Bertz CT molecular complexity index is 1050. The molecule has 0 saturated heterocycles. The first kappa shape index (κ1) is 18.8. The first-order valence-corrected chi connectivity index (χ1v) is 8.66. The number of fused-ring (bicyclic) bond motifs is 1. The summed E-state index contributed by atoms with van der Waals surface area (Å²) in [5.41, 5.74) is 2.97. The van der Waals surface area contributed by atoms with E-state index in [1.54, 1.807) is 7.05 Å². The second-order valence-corrected chi connectivity index (χ2v) is 6.91. The van der Waals surface area contributed by atoms with Gasteiger partial charge in [-0.05, 0) is 36.1 Å². The second-order valence-electron chi connectivity index (χ2n) is 6.91. The van der Waals surface area contributed by atoms with Crippen LogP contribution in [-0.2, 0) is 23.2 Å². The zero-order chi connectivity index (χ0) is 19.7. The Labute approximate surface area is 156 Å². The molecule has 27 heavy (non-hydrogen) atoms. The smallest absolute Gasteiger partial charge is 0.340 e. The van der Waals surface area contributed by atoms with Crippen LogP contribution in [0.2, 0.25) is 0 Å². The molecule has 2 heterocycles. The van der Waals surface area contributed by atoms with Crippen LogP contribution in [0.5, 0.6) is 0 Å². The molecule has 0 radical (unpaired) electrons. The van der Waals surface area contributed by atoms with E-state index < -0.39 is 17.7 Å². The molecule has 3 aromatic rings. The molecule has 142 valence electrons. The number of carbonyl (C=O) groups is 1. The lowest BCUT2D eigenvalue weighted by molar-refractivity contribution is -0.155. The van der Waals surface area contributed by atoms with Crippen molar-refractivity contribution in [2.24, 2.45) is 7.05 Å². The monoisotopic (exact) mass is 370 g/mol. The van der Waals surface area contributed by atoms with Crippen molar-refractivity contribution >= 4 is 16.9 Å². The Kier molecular flexibility index (Phi) is 5.14. The molecule has 0 aliphatic carbocycles.